The molecular weight excluding hydrogens is 134 g/mol. The van der Waals surface area contributed by atoms with Crippen LogP contribution in [-0.4, -0.2) is 12.8 Å². The van der Waals surface area contributed by atoms with Gasteiger partial charge in [-0.15, -0.1) is 0 Å². The molecule has 0 aromatic rings. The van der Waals surface area contributed by atoms with Gasteiger partial charge in [0.25, 0.3) is 0 Å². The van der Waals surface area contributed by atoms with Gasteiger partial charge in [-0.25, -0.2) is 0 Å². The molecule has 0 N–H and O–H groups in total. The summed E-state index contributed by atoms with van der Waals surface area (Å²) >= 11 is 0. The van der Waals surface area contributed by atoms with E-state index in [1.165, 1.54) is 16.7 Å². The first-order chi connectivity index (χ1) is 5.42. The fourth-order valence-electron chi connectivity index (χ4n) is 1.18. The van der Waals surface area contributed by atoms with Gasteiger partial charge >= 0.3 is 0 Å². The Hall–Kier alpha value is -1.37. The van der Waals surface area contributed by atoms with E-state index in [2.05, 4.69) is 23.7 Å². The van der Waals surface area contributed by atoms with E-state index < -0.39 is 0 Å². The highest BCUT2D eigenvalue weighted by molar-refractivity contribution is 5.81. The van der Waals surface area contributed by atoms with Gasteiger partial charge in [0.1, 0.15) is 0 Å². The van der Waals surface area contributed by atoms with E-state index in [0.29, 0.717) is 0 Å². The normalized spacial score (nSPS) is 23.5. The Morgan fingerprint density at radius 1 is 1.55 bits per heavy atom. The summed E-state index contributed by atoms with van der Waals surface area (Å²) in [5.41, 5.74) is 3.98. The molecule has 1 aliphatic heterocycles. The molecule has 0 spiro atoms. The van der Waals surface area contributed by atoms with Crippen molar-refractivity contribution < 1.29 is 0 Å². The van der Waals surface area contributed by atoms with Crippen molar-refractivity contribution >= 4 is 6.21 Å². The Bertz CT molecular complexity index is 314. The molecule has 0 saturated carbocycles. The second kappa shape index (κ2) is 2.35. The minimum absolute atomic E-state index is 0.848. The molecule has 1 aliphatic carbocycles. The second-order valence-electron chi connectivity index (χ2n) is 2.60. The quantitative estimate of drug-likeness (QED) is 0.561. The van der Waals surface area contributed by atoms with Crippen LogP contribution >= 0.6 is 0 Å². The minimum Gasteiger partial charge on any atom is -0.288 e. The maximum absolute atomic E-state index is 4.11. The molecule has 1 heteroatoms. The number of hydrogen-bond acceptors (Lipinski definition) is 1. The first kappa shape index (κ1) is 6.35. The Morgan fingerprint density at radius 2 is 2.45 bits per heavy atom. The van der Waals surface area contributed by atoms with Crippen molar-refractivity contribution in [1.82, 2.24) is 0 Å². The lowest BCUT2D eigenvalue weighted by molar-refractivity contribution is 1.22. The van der Waals surface area contributed by atoms with Crippen molar-refractivity contribution in [2.45, 2.75) is 0 Å². The molecule has 1 heterocycles. The van der Waals surface area contributed by atoms with Crippen LogP contribution in [0.2, 0.25) is 0 Å². The maximum Gasteiger partial charge on any atom is 0.0646 e. The van der Waals surface area contributed by atoms with Crippen LogP contribution in [0.3, 0.4) is 0 Å². The van der Waals surface area contributed by atoms with Gasteiger partial charge < -0.3 is 0 Å². The molecule has 2 aliphatic rings. The van der Waals surface area contributed by atoms with Crippen molar-refractivity contribution in [2.75, 3.05) is 6.54 Å². The van der Waals surface area contributed by atoms with Gasteiger partial charge in [-0.2, -0.15) is 0 Å². The van der Waals surface area contributed by atoms with Crippen LogP contribution in [0, 0.1) is 0 Å². The van der Waals surface area contributed by atoms with Gasteiger partial charge in [-0.1, -0.05) is 18.7 Å². The van der Waals surface area contributed by atoms with Crippen molar-refractivity contribution in [3.63, 3.8) is 0 Å². The summed E-state index contributed by atoms with van der Waals surface area (Å²) in [6, 6.07) is 0. The predicted octanol–water partition coefficient (Wildman–Crippen LogP) is 2.05. The Morgan fingerprint density at radius 3 is 3.09 bits per heavy atom. The molecule has 1 nitrogen and oxygen atoms in total. The number of allylic oxidation sites excluding steroid dienone is 5. The molecule has 0 aromatic heterocycles. The van der Waals surface area contributed by atoms with E-state index in [1.54, 1.807) is 0 Å². The molecule has 0 aromatic carbocycles. The van der Waals surface area contributed by atoms with Gasteiger partial charge in [0, 0.05) is 6.21 Å². The van der Waals surface area contributed by atoms with E-state index in [1.807, 2.05) is 18.4 Å². The average Bonchev–Trinajstić information content (AvgIpc) is 2.61. The zero-order valence-electron chi connectivity index (χ0n) is 6.25. The lowest BCUT2D eigenvalue weighted by Gasteiger charge is -1.89. The Kier molecular flexibility index (Phi) is 1.35. The highest BCUT2D eigenvalue weighted by Crippen LogP contribution is 2.35. The zero-order chi connectivity index (χ0) is 7.68. The molecule has 0 bridgehead atoms. The minimum atomic E-state index is 0.848. The third kappa shape index (κ3) is 1.09. The van der Waals surface area contributed by atoms with Crippen molar-refractivity contribution in [2.24, 2.45) is 4.99 Å². The largest absolute Gasteiger partial charge is 0.288 e. The summed E-state index contributed by atoms with van der Waals surface area (Å²) in [6.07, 6.45) is 9.92. The molecule has 2 rings (SSSR count). The third-order valence-electron chi connectivity index (χ3n) is 1.81. The lowest BCUT2D eigenvalue weighted by Crippen LogP contribution is -1.79. The topological polar surface area (TPSA) is 12.4 Å². The Balaban J connectivity index is 2.07. The monoisotopic (exact) mass is 143 g/mol. The SMILES string of the molecule is C=C/C=C1C=C\1C1=CC=NC1. The van der Waals surface area contributed by atoms with E-state index in [4.69, 9.17) is 0 Å². The van der Waals surface area contributed by atoms with Gasteiger partial charge in [-0.3, -0.25) is 4.99 Å². The highest BCUT2D eigenvalue weighted by Gasteiger charge is 2.19. The van der Waals surface area contributed by atoms with E-state index >= 15 is 0 Å². The number of nitrogens with zero attached hydrogens (tertiary/aromatic N) is 1. The summed E-state index contributed by atoms with van der Waals surface area (Å²) in [4.78, 5) is 4.11. The zero-order valence-corrected chi connectivity index (χ0v) is 6.25. The smallest absolute Gasteiger partial charge is 0.0646 e. The van der Waals surface area contributed by atoms with Gasteiger partial charge in [-0.05, 0) is 28.9 Å². The van der Waals surface area contributed by atoms with Gasteiger partial charge in [0.2, 0.25) is 0 Å². The standard InChI is InChI=1S/C10H9N/c1-2-3-8-6-10(8)9-4-5-11-7-9/h2-6H,1,7H2/b8-3+. The Labute approximate surface area is 66.1 Å². The molecule has 0 amide bonds. The van der Waals surface area contributed by atoms with Crippen LogP contribution in [0.5, 0.6) is 0 Å². The third-order valence-corrected chi connectivity index (χ3v) is 1.81. The summed E-state index contributed by atoms with van der Waals surface area (Å²) < 4.78 is 0. The first-order valence-electron chi connectivity index (χ1n) is 3.66. The van der Waals surface area contributed by atoms with Crippen LogP contribution in [0.25, 0.3) is 0 Å². The fourth-order valence-corrected chi connectivity index (χ4v) is 1.18. The fraction of sp³-hybridized carbons (Fsp3) is 0.100. The predicted molar refractivity (Wildman–Crippen MR) is 47.8 cm³/mol. The van der Waals surface area contributed by atoms with Gasteiger partial charge in [0.15, 0.2) is 0 Å². The molecule has 0 fully saturated rings. The summed E-state index contributed by atoms with van der Waals surface area (Å²) in [7, 11) is 0. The molecule has 0 unspecified atom stereocenters. The van der Waals surface area contributed by atoms with Gasteiger partial charge in [0.05, 0.1) is 6.54 Å². The number of rotatable bonds is 2. The summed E-state index contributed by atoms with van der Waals surface area (Å²) in [6.45, 7) is 4.49. The lowest BCUT2D eigenvalue weighted by atomic mass is 10.2. The van der Waals surface area contributed by atoms with Crippen LogP contribution in [0.15, 0.2) is 52.6 Å². The van der Waals surface area contributed by atoms with E-state index in [0.717, 1.165) is 6.54 Å². The van der Waals surface area contributed by atoms with Crippen molar-refractivity contribution in [3.8, 4) is 0 Å². The summed E-state index contributed by atoms with van der Waals surface area (Å²) in [5.74, 6) is 0. The summed E-state index contributed by atoms with van der Waals surface area (Å²) in [5, 5.41) is 0. The maximum atomic E-state index is 4.11. The molecule has 0 radical (unpaired) electrons. The average molecular weight is 143 g/mol. The van der Waals surface area contributed by atoms with Crippen LogP contribution in [0.4, 0.5) is 0 Å². The molecular formula is C10H9N. The number of hydrogen-bond donors (Lipinski definition) is 0. The van der Waals surface area contributed by atoms with E-state index in [9.17, 15) is 0 Å². The molecule has 54 valence electrons. The molecule has 11 heavy (non-hydrogen) atoms. The second-order valence-corrected chi connectivity index (χ2v) is 2.60. The van der Waals surface area contributed by atoms with Crippen LogP contribution in [-0.2, 0) is 0 Å². The number of aliphatic imine (C=N–C) groups is 1. The molecule has 0 saturated heterocycles. The van der Waals surface area contributed by atoms with Crippen LogP contribution in [0.1, 0.15) is 0 Å². The molecule has 0 atom stereocenters. The van der Waals surface area contributed by atoms with E-state index in [-0.39, 0.29) is 0 Å². The highest BCUT2D eigenvalue weighted by atomic mass is 14.7. The van der Waals surface area contributed by atoms with Crippen molar-refractivity contribution in [3.05, 3.63) is 47.6 Å². The van der Waals surface area contributed by atoms with Crippen molar-refractivity contribution in [1.29, 1.82) is 0 Å². The van der Waals surface area contributed by atoms with Crippen LogP contribution < -0.4 is 0 Å². The first-order valence-corrected chi connectivity index (χ1v) is 3.66.